The highest BCUT2D eigenvalue weighted by atomic mass is 16.5. The van der Waals surface area contributed by atoms with Crippen molar-refractivity contribution in [2.24, 2.45) is 0 Å². The molecule has 24 rings (SSSR count). The van der Waals surface area contributed by atoms with Crippen LogP contribution >= 0.6 is 0 Å². The van der Waals surface area contributed by atoms with Crippen LogP contribution in [0.1, 0.15) is 0 Å². The molecule has 20 aromatic rings. The SMILES string of the molecule is c1ccc(-c2ccccc2B2c3cnccc3Oc3c2ccc2c3B(c3cccc(-c4cccc5c4c4ccc6c(nc7n(-c8ccccc8)c8ccccc8n67)c4n5-c4cccc(B5c6ccccc6Oc6c5ccc5c6B(c6ccccc6-c6ccccc6)c6ccccc6O5)c4)c3-c3ccccc3)c3ccncc3O2)cc1. The highest BCUT2D eigenvalue weighted by Crippen LogP contribution is 2.46. The average Bonchev–Trinajstić information content (AvgIpc) is 1.56. The van der Waals surface area contributed by atoms with Gasteiger partial charge in [0.25, 0.3) is 26.9 Å². The Morgan fingerprint density at radius 3 is 1.50 bits per heavy atom. The minimum Gasteiger partial charge on any atom is -0.459 e. The zero-order valence-electron chi connectivity index (χ0n) is 61.9. The van der Waals surface area contributed by atoms with E-state index in [1.165, 1.54) is 5.46 Å². The normalized spacial score (nSPS) is 12.9. The molecule has 9 heterocycles. The van der Waals surface area contributed by atoms with Gasteiger partial charge >= 0.3 is 0 Å². The number of nitrogens with zero attached hydrogens (tertiary/aromatic N) is 6. The van der Waals surface area contributed by atoms with Gasteiger partial charge < -0.3 is 23.5 Å². The van der Waals surface area contributed by atoms with E-state index in [0.717, 1.165) is 200 Å². The van der Waals surface area contributed by atoms with E-state index in [0.29, 0.717) is 11.5 Å². The minimum atomic E-state index is -0.420. The Morgan fingerprint density at radius 2 is 0.783 bits per heavy atom. The minimum absolute atomic E-state index is 0.236. The number of hydrogen-bond acceptors (Lipinski definition) is 7. The summed E-state index contributed by atoms with van der Waals surface area (Å²) >= 11 is 0. The van der Waals surface area contributed by atoms with Gasteiger partial charge in [0.05, 0.1) is 33.8 Å². The fraction of sp³-hybridized carbons (Fsp3) is 0. The molecule has 0 N–H and O–H groups in total. The molecule has 0 saturated heterocycles. The van der Waals surface area contributed by atoms with Crippen molar-refractivity contribution >= 4 is 142 Å². The summed E-state index contributed by atoms with van der Waals surface area (Å²) in [5.41, 5.74) is 29.5. The molecule has 0 unspecified atom stereocenters. The molecule has 14 heteroatoms. The third kappa shape index (κ3) is 9.91. The molecule has 10 nitrogen and oxygen atoms in total. The maximum absolute atomic E-state index is 7.45. The van der Waals surface area contributed by atoms with Crippen LogP contribution in [0, 0.1) is 0 Å². The lowest BCUT2D eigenvalue weighted by molar-refractivity contribution is 0.467. The zero-order valence-corrected chi connectivity index (χ0v) is 61.9. The molecule has 0 bridgehead atoms. The molecule has 0 aliphatic carbocycles. The standard InChI is InChI=1S/C101H62B4N6O4/c1-5-26-63(27-6-1)69-36-13-15-40-74(69)103-81-52-55-91-96(100(81)115-89-57-59-106-61-82(89)103)105(78-56-58-107-62-92(78)113-91)79-44-24-38-71(93(79)65-30-9-3-10-31-65)72-39-25-47-85-94(72)73-50-53-86-97(108-101-110(67-33-11-4-12-34-67)83-45-19-20-46-84(83)111(86)101)98(73)109(85)68-35-23-32-66(60-68)102-76-42-17-22-49-88(76)114-99-80(102)51-54-90-95(99)104(77-43-18-21-48-87(77)112-90)75-41-16-14-37-70(75)64-28-7-2-8-29-64/h1-62H. The molecule has 532 valence electrons. The third-order valence-electron chi connectivity index (χ3n) is 24.2. The Labute approximate surface area is 663 Å². The van der Waals surface area contributed by atoms with Gasteiger partial charge in [-0.15, -0.1) is 0 Å². The maximum Gasteiger partial charge on any atom is 0.256 e. The first-order valence-corrected chi connectivity index (χ1v) is 39.2. The van der Waals surface area contributed by atoms with Gasteiger partial charge in [-0.1, -0.05) is 283 Å². The van der Waals surface area contributed by atoms with Gasteiger partial charge in [0.15, 0.2) is 0 Å². The topological polar surface area (TPSA) is 89.9 Å². The molecule has 0 spiro atoms. The zero-order chi connectivity index (χ0) is 75.3. The van der Waals surface area contributed by atoms with Crippen molar-refractivity contribution in [2.45, 2.75) is 0 Å². The van der Waals surface area contributed by atoms with Crippen LogP contribution in [-0.4, -0.2) is 55.3 Å². The molecule has 115 heavy (non-hydrogen) atoms. The monoisotopic (exact) mass is 1470 g/mol. The highest BCUT2D eigenvalue weighted by Gasteiger charge is 2.45. The highest BCUT2D eigenvalue weighted by molar-refractivity contribution is 7.02. The Balaban J connectivity index is 0.745. The largest absolute Gasteiger partial charge is 0.459 e. The Kier molecular flexibility index (Phi) is 14.6. The van der Waals surface area contributed by atoms with Crippen LogP contribution in [0.3, 0.4) is 0 Å². The number of fused-ring (bicyclic) bond motifs is 19. The van der Waals surface area contributed by atoms with Crippen molar-refractivity contribution in [1.29, 1.82) is 0 Å². The number of pyridine rings is 2. The molecule has 0 atom stereocenters. The second-order valence-corrected chi connectivity index (χ2v) is 30.2. The summed E-state index contributed by atoms with van der Waals surface area (Å²) in [6.45, 7) is -1.17. The van der Waals surface area contributed by atoms with E-state index in [9.17, 15) is 0 Å². The Bertz CT molecular complexity index is 7420. The van der Waals surface area contributed by atoms with Crippen molar-refractivity contribution in [3.8, 4) is 102 Å². The van der Waals surface area contributed by atoms with Gasteiger partial charge in [-0.2, -0.15) is 0 Å². The lowest BCUT2D eigenvalue weighted by atomic mass is 9.31. The van der Waals surface area contributed by atoms with Crippen LogP contribution in [-0.2, 0) is 0 Å². The van der Waals surface area contributed by atoms with E-state index >= 15 is 0 Å². The van der Waals surface area contributed by atoms with Crippen LogP contribution in [0.5, 0.6) is 46.0 Å². The molecule has 0 amide bonds. The maximum atomic E-state index is 7.45. The number of hydrogen-bond donors (Lipinski definition) is 0. The Hall–Kier alpha value is -14.9. The summed E-state index contributed by atoms with van der Waals surface area (Å²) in [4.78, 5) is 15.4. The van der Waals surface area contributed by atoms with Gasteiger partial charge in [-0.05, 0) is 168 Å². The quantitative estimate of drug-likeness (QED) is 0.126. The predicted octanol–water partition coefficient (Wildman–Crippen LogP) is 15.5. The first kappa shape index (κ1) is 64.9. The summed E-state index contributed by atoms with van der Waals surface area (Å²) in [5.74, 6) is 6.94. The number of imidazole rings is 2. The molecule has 15 aromatic carbocycles. The summed E-state index contributed by atoms with van der Waals surface area (Å²) in [5, 5.41) is 2.15. The van der Waals surface area contributed by atoms with E-state index in [1.807, 2.05) is 30.9 Å². The Morgan fingerprint density at radius 1 is 0.278 bits per heavy atom. The van der Waals surface area contributed by atoms with Crippen LogP contribution < -0.4 is 84.5 Å². The number of aromatic nitrogens is 6. The number of ether oxygens (including phenoxy) is 4. The van der Waals surface area contributed by atoms with Crippen molar-refractivity contribution in [3.05, 3.63) is 377 Å². The van der Waals surface area contributed by atoms with E-state index in [4.69, 9.17) is 33.9 Å². The fourth-order valence-corrected chi connectivity index (χ4v) is 19.5. The van der Waals surface area contributed by atoms with Crippen molar-refractivity contribution < 1.29 is 18.9 Å². The van der Waals surface area contributed by atoms with Gasteiger partial charge in [-0.3, -0.25) is 18.9 Å². The third-order valence-corrected chi connectivity index (χ3v) is 24.2. The van der Waals surface area contributed by atoms with Crippen molar-refractivity contribution in [2.75, 3.05) is 0 Å². The van der Waals surface area contributed by atoms with Crippen LogP contribution in [0.15, 0.2) is 377 Å². The molecular formula is C101H62B4N6O4. The molecule has 4 aliphatic rings. The van der Waals surface area contributed by atoms with E-state index in [2.05, 4.69) is 359 Å². The van der Waals surface area contributed by atoms with Crippen LogP contribution in [0.4, 0.5) is 0 Å². The van der Waals surface area contributed by atoms with Gasteiger partial charge in [0.1, 0.15) is 51.5 Å². The predicted molar refractivity (Wildman–Crippen MR) is 472 cm³/mol. The molecule has 5 aromatic heterocycles. The molecular weight excluding hydrogens is 1400 g/mol. The smallest absolute Gasteiger partial charge is 0.256 e. The van der Waals surface area contributed by atoms with Crippen molar-refractivity contribution in [3.63, 3.8) is 0 Å². The lowest BCUT2D eigenvalue weighted by Gasteiger charge is -2.34. The average molecular weight is 1470 g/mol. The van der Waals surface area contributed by atoms with Gasteiger partial charge in [0, 0.05) is 51.7 Å². The second kappa shape index (κ2) is 25.9. The molecule has 0 saturated carbocycles. The fourth-order valence-electron chi connectivity index (χ4n) is 19.5. The number of para-hydroxylation sites is 5. The number of benzene rings is 15. The summed E-state index contributed by atoms with van der Waals surface area (Å²) in [6.07, 6.45) is 7.55. The molecule has 0 radical (unpaired) electrons. The second-order valence-electron chi connectivity index (χ2n) is 30.2. The lowest BCUT2D eigenvalue weighted by Crippen LogP contribution is -2.61. The first-order valence-electron chi connectivity index (χ1n) is 39.2. The first-order chi connectivity index (χ1) is 57.1. The van der Waals surface area contributed by atoms with E-state index in [1.54, 1.807) is 0 Å². The van der Waals surface area contributed by atoms with Crippen LogP contribution in [0.2, 0.25) is 0 Å². The molecule has 0 fully saturated rings. The summed E-state index contributed by atoms with van der Waals surface area (Å²) in [6, 6.07) is 127. The van der Waals surface area contributed by atoms with Gasteiger partial charge in [0.2, 0.25) is 5.78 Å². The summed E-state index contributed by atoms with van der Waals surface area (Å²) < 4.78 is 36.2. The van der Waals surface area contributed by atoms with E-state index in [-0.39, 0.29) is 20.1 Å². The van der Waals surface area contributed by atoms with Crippen LogP contribution in [0.25, 0.3) is 106 Å². The van der Waals surface area contributed by atoms with E-state index < -0.39 is 6.71 Å². The molecule has 4 aliphatic heterocycles. The van der Waals surface area contributed by atoms with Crippen molar-refractivity contribution in [1.82, 2.24) is 28.5 Å². The van der Waals surface area contributed by atoms with Gasteiger partial charge in [-0.25, -0.2) is 4.98 Å². The number of rotatable bonds is 10. The summed E-state index contributed by atoms with van der Waals surface area (Å²) in [7, 11) is 0.